The molecule has 0 aliphatic heterocycles. The van der Waals surface area contributed by atoms with Crippen molar-refractivity contribution in [3.8, 4) is 5.75 Å². The summed E-state index contributed by atoms with van der Waals surface area (Å²) in [5, 5.41) is 7.85. The van der Waals surface area contributed by atoms with Gasteiger partial charge in [-0.25, -0.2) is 0 Å². The first-order valence-corrected chi connectivity index (χ1v) is 9.95. The van der Waals surface area contributed by atoms with E-state index in [2.05, 4.69) is 17.6 Å². The maximum absolute atomic E-state index is 12.2. The molecule has 0 saturated heterocycles. The normalized spacial score (nSPS) is 10.5. The molecule has 2 N–H and O–H groups in total. The highest BCUT2D eigenvalue weighted by Gasteiger charge is 2.07. The summed E-state index contributed by atoms with van der Waals surface area (Å²) in [6.45, 7) is 2.01. The van der Waals surface area contributed by atoms with Crippen LogP contribution in [0.5, 0.6) is 5.75 Å². The molecule has 29 heavy (non-hydrogen) atoms. The van der Waals surface area contributed by atoms with Crippen molar-refractivity contribution in [2.45, 2.75) is 32.6 Å². The second kappa shape index (κ2) is 10.3. The van der Waals surface area contributed by atoms with E-state index < -0.39 is 0 Å². The summed E-state index contributed by atoms with van der Waals surface area (Å²) in [5.41, 5.74) is 1.28. The van der Waals surface area contributed by atoms with Crippen LogP contribution in [0.3, 0.4) is 0 Å². The zero-order valence-corrected chi connectivity index (χ0v) is 16.6. The Morgan fingerprint density at radius 1 is 0.793 bits per heavy atom. The number of hydrogen-bond donors (Lipinski definition) is 2. The number of benzene rings is 3. The molecule has 0 spiro atoms. The number of unbranched alkanes of at least 4 members (excludes halogenated alkanes) is 2. The number of carbonyl (C=O) groups is 2. The minimum absolute atomic E-state index is 0.0124. The third kappa shape index (κ3) is 6.35. The average molecular weight is 390 g/mol. The predicted molar refractivity (Wildman–Crippen MR) is 117 cm³/mol. The lowest BCUT2D eigenvalue weighted by Crippen LogP contribution is -2.20. The van der Waals surface area contributed by atoms with Crippen LogP contribution in [0.1, 0.15) is 32.6 Å². The summed E-state index contributed by atoms with van der Waals surface area (Å²) in [7, 11) is 0. The van der Waals surface area contributed by atoms with Crippen molar-refractivity contribution in [3.63, 3.8) is 0 Å². The van der Waals surface area contributed by atoms with Gasteiger partial charge in [0.2, 0.25) is 5.91 Å². The smallest absolute Gasteiger partial charge is 0.262 e. The Hall–Kier alpha value is -3.34. The van der Waals surface area contributed by atoms with E-state index >= 15 is 0 Å². The molecule has 0 radical (unpaired) electrons. The van der Waals surface area contributed by atoms with E-state index in [0.717, 1.165) is 30.0 Å². The molecule has 0 aromatic heterocycles. The molecule has 5 nitrogen and oxygen atoms in total. The number of carbonyl (C=O) groups excluding carboxylic acids is 2. The topological polar surface area (TPSA) is 67.4 Å². The summed E-state index contributed by atoms with van der Waals surface area (Å²) in [4.78, 5) is 24.2. The quantitative estimate of drug-likeness (QED) is 0.482. The molecule has 150 valence electrons. The van der Waals surface area contributed by atoms with Gasteiger partial charge in [-0.15, -0.1) is 0 Å². The molecule has 0 fully saturated rings. The van der Waals surface area contributed by atoms with E-state index in [-0.39, 0.29) is 18.4 Å². The van der Waals surface area contributed by atoms with E-state index in [1.54, 1.807) is 24.3 Å². The molecule has 5 heteroatoms. The van der Waals surface area contributed by atoms with Crippen molar-refractivity contribution < 1.29 is 14.3 Å². The molecule has 0 aliphatic rings. The van der Waals surface area contributed by atoms with E-state index in [1.165, 1.54) is 0 Å². The largest absolute Gasteiger partial charge is 0.484 e. The zero-order valence-electron chi connectivity index (χ0n) is 16.6. The standard InChI is InChI=1S/C24H26N2O3/c1-2-3-4-12-23(27)25-20-10-7-11-21(16-20)26-24(28)17-29-22-14-13-18-8-5-6-9-19(18)15-22/h5-11,13-16H,2-4,12,17H2,1H3,(H,25,27)(H,26,28). The first kappa shape index (κ1) is 20.4. The fourth-order valence-corrected chi connectivity index (χ4v) is 3.04. The minimum atomic E-state index is -0.260. The summed E-state index contributed by atoms with van der Waals surface area (Å²) >= 11 is 0. The van der Waals surface area contributed by atoms with Crippen LogP contribution in [0.15, 0.2) is 66.7 Å². The van der Waals surface area contributed by atoms with Gasteiger partial charge in [-0.3, -0.25) is 9.59 Å². The molecule has 0 aliphatic carbocycles. The SMILES string of the molecule is CCCCCC(=O)Nc1cccc(NC(=O)COc2ccc3ccccc3c2)c1. The van der Waals surface area contributed by atoms with Gasteiger partial charge in [-0.1, -0.05) is 56.2 Å². The van der Waals surface area contributed by atoms with E-state index in [4.69, 9.17) is 4.74 Å². The fraction of sp³-hybridized carbons (Fsp3) is 0.250. The molecule has 0 heterocycles. The second-order valence-corrected chi connectivity index (χ2v) is 6.93. The van der Waals surface area contributed by atoms with Crippen LogP contribution < -0.4 is 15.4 Å². The van der Waals surface area contributed by atoms with Gasteiger partial charge in [0.25, 0.3) is 5.91 Å². The molecule has 0 unspecified atom stereocenters. The van der Waals surface area contributed by atoms with Crippen LogP contribution in [0.4, 0.5) is 11.4 Å². The van der Waals surface area contributed by atoms with Crippen molar-refractivity contribution in [2.24, 2.45) is 0 Å². The molecule has 2 amide bonds. The molecular formula is C24H26N2O3. The minimum Gasteiger partial charge on any atom is -0.484 e. The molecule has 3 aromatic rings. The lowest BCUT2D eigenvalue weighted by molar-refractivity contribution is -0.118. The average Bonchev–Trinajstić information content (AvgIpc) is 2.72. The van der Waals surface area contributed by atoms with E-state index in [9.17, 15) is 9.59 Å². The van der Waals surface area contributed by atoms with Gasteiger partial charge >= 0.3 is 0 Å². The maximum Gasteiger partial charge on any atom is 0.262 e. The molecule has 3 rings (SSSR count). The number of rotatable bonds is 9. The first-order valence-electron chi connectivity index (χ1n) is 9.95. The molecule has 0 saturated carbocycles. The summed E-state index contributed by atoms with van der Waals surface area (Å²) in [6, 6.07) is 20.8. The van der Waals surface area contributed by atoms with Crippen molar-refractivity contribution in [3.05, 3.63) is 66.7 Å². The monoisotopic (exact) mass is 390 g/mol. The second-order valence-electron chi connectivity index (χ2n) is 6.93. The van der Waals surface area contributed by atoms with E-state index in [0.29, 0.717) is 23.5 Å². The van der Waals surface area contributed by atoms with Crippen LogP contribution in [0.2, 0.25) is 0 Å². The number of hydrogen-bond acceptors (Lipinski definition) is 3. The third-order valence-electron chi connectivity index (χ3n) is 4.53. The van der Waals surface area contributed by atoms with Crippen molar-refractivity contribution >= 4 is 34.0 Å². The molecule has 3 aromatic carbocycles. The Morgan fingerprint density at radius 2 is 1.52 bits per heavy atom. The van der Waals surface area contributed by atoms with Crippen LogP contribution in [-0.2, 0) is 9.59 Å². The predicted octanol–water partition coefficient (Wildman–Crippen LogP) is 5.38. The van der Waals surface area contributed by atoms with Gasteiger partial charge in [0, 0.05) is 17.8 Å². The van der Waals surface area contributed by atoms with Crippen molar-refractivity contribution in [1.82, 2.24) is 0 Å². The molecule has 0 atom stereocenters. The van der Waals surface area contributed by atoms with Crippen LogP contribution in [-0.4, -0.2) is 18.4 Å². The van der Waals surface area contributed by atoms with Gasteiger partial charge in [0.15, 0.2) is 6.61 Å². The maximum atomic E-state index is 12.2. The Labute approximate surface area is 171 Å². The molecular weight excluding hydrogens is 364 g/mol. The number of amides is 2. The number of nitrogens with one attached hydrogen (secondary N) is 2. The van der Waals surface area contributed by atoms with Crippen molar-refractivity contribution in [1.29, 1.82) is 0 Å². The Morgan fingerprint density at radius 3 is 2.28 bits per heavy atom. The van der Waals surface area contributed by atoms with Crippen LogP contribution in [0, 0.1) is 0 Å². The summed E-state index contributed by atoms with van der Waals surface area (Å²) in [6.07, 6.45) is 3.51. The number of fused-ring (bicyclic) bond motifs is 1. The van der Waals surface area contributed by atoms with Gasteiger partial charge in [-0.05, 0) is 47.5 Å². The Bertz CT molecular complexity index is 985. The van der Waals surface area contributed by atoms with Crippen LogP contribution >= 0.6 is 0 Å². The first-order chi connectivity index (χ1) is 14.1. The summed E-state index contributed by atoms with van der Waals surface area (Å²) in [5.74, 6) is 0.373. The highest BCUT2D eigenvalue weighted by Crippen LogP contribution is 2.21. The summed E-state index contributed by atoms with van der Waals surface area (Å²) < 4.78 is 5.62. The molecule has 0 bridgehead atoms. The Kier molecular flexibility index (Phi) is 7.22. The van der Waals surface area contributed by atoms with Gasteiger partial charge in [0.05, 0.1) is 0 Å². The highest BCUT2D eigenvalue weighted by atomic mass is 16.5. The van der Waals surface area contributed by atoms with Gasteiger partial charge in [0.1, 0.15) is 5.75 Å². The number of ether oxygens (including phenoxy) is 1. The zero-order chi connectivity index (χ0) is 20.5. The highest BCUT2D eigenvalue weighted by molar-refractivity contribution is 5.94. The lowest BCUT2D eigenvalue weighted by Gasteiger charge is -2.10. The third-order valence-corrected chi connectivity index (χ3v) is 4.53. The van der Waals surface area contributed by atoms with Gasteiger partial charge in [-0.2, -0.15) is 0 Å². The van der Waals surface area contributed by atoms with E-state index in [1.807, 2.05) is 42.5 Å². The fourth-order valence-electron chi connectivity index (χ4n) is 3.04. The van der Waals surface area contributed by atoms with Crippen LogP contribution in [0.25, 0.3) is 10.8 Å². The van der Waals surface area contributed by atoms with Crippen molar-refractivity contribution in [2.75, 3.05) is 17.2 Å². The number of anilines is 2. The van der Waals surface area contributed by atoms with Gasteiger partial charge < -0.3 is 15.4 Å². The Balaban J connectivity index is 1.51. The lowest BCUT2D eigenvalue weighted by atomic mass is 10.1.